The molecule has 0 aromatic heterocycles. The van der Waals surface area contributed by atoms with E-state index < -0.39 is 29.6 Å². The van der Waals surface area contributed by atoms with Crippen LogP contribution in [0.4, 0.5) is 4.79 Å². The Hall–Kier alpha value is -1.30. The SMILES string of the molecule is C[C@@H](CC(CO)NC(=O)OC(C)(C)C)C(=O)O. The van der Waals surface area contributed by atoms with Crippen molar-refractivity contribution in [2.45, 2.75) is 45.8 Å². The number of aliphatic hydroxyl groups excluding tert-OH is 1. The fourth-order valence-corrected chi connectivity index (χ4v) is 1.18. The van der Waals surface area contributed by atoms with E-state index in [0.29, 0.717) is 0 Å². The first-order chi connectivity index (χ1) is 7.65. The molecule has 2 atom stereocenters. The molecule has 1 amide bonds. The van der Waals surface area contributed by atoms with E-state index in [2.05, 4.69) is 5.32 Å². The van der Waals surface area contributed by atoms with Gasteiger partial charge in [-0.1, -0.05) is 6.92 Å². The predicted molar refractivity (Wildman–Crippen MR) is 61.7 cm³/mol. The summed E-state index contributed by atoms with van der Waals surface area (Å²) in [6, 6.07) is -0.615. The molecule has 0 heterocycles. The molecular weight excluding hydrogens is 226 g/mol. The highest BCUT2D eigenvalue weighted by Gasteiger charge is 2.22. The summed E-state index contributed by atoms with van der Waals surface area (Å²) in [5.74, 6) is -1.60. The second-order valence-electron chi connectivity index (χ2n) is 5.00. The number of carboxylic acid groups (broad SMARTS) is 1. The van der Waals surface area contributed by atoms with E-state index in [1.165, 1.54) is 6.92 Å². The number of rotatable bonds is 5. The van der Waals surface area contributed by atoms with Gasteiger partial charge in [-0.2, -0.15) is 0 Å². The third-order valence-electron chi connectivity index (χ3n) is 2.00. The molecule has 0 bridgehead atoms. The largest absolute Gasteiger partial charge is 0.481 e. The topological polar surface area (TPSA) is 95.9 Å². The number of hydrogen-bond acceptors (Lipinski definition) is 4. The Kier molecular flexibility index (Phi) is 5.95. The average molecular weight is 247 g/mol. The highest BCUT2D eigenvalue weighted by atomic mass is 16.6. The first-order valence-electron chi connectivity index (χ1n) is 5.49. The number of carbonyl (C=O) groups is 2. The summed E-state index contributed by atoms with van der Waals surface area (Å²) in [7, 11) is 0. The summed E-state index contributed by atoms with van der Waals surface area (Å²) in [6.45, 7) is 6.36. The van der Waals surface area contributed by atoms with Gasteiger partial charge < -0.3 is 20.3 Å². The molecule has 1 unspecified atom stereocenters. The maximum Gasteiger partial charge on any atom is 0.407 e. The zero-order valence-corrected chi connectivity index (χ0v) is 10.7. The van der Waals surface area contributed by atoms with Crippen LogP contribution in [-0.4, -0.2) is 40.5 Å². The average Bonchev–Trinajstić information content (AvgIpc) is 2.13. The quantitative estimate of drug-likeness (QED) is 0.673. The summed E-state index contributed by atoms with van der Waals surface area (Å²) in [5.41, 5.74) is -0.623. The van der Waals surface area contributed by atoms with Crippen LogP contribution in [0.25, 0.3) is 0 Å². The van der Waals surface area contributed by atoms with Crippen LogP contribution >= 0.6 is 0 Å². The van der Waals surface area contributed by atoms with Crippen LogP contribution in [-0.2, 0) is 9.53 Å². The third-order valence-corrected chi connectivity index (χ3v) is 2.00. The number of aliphatic carboxylic acids is 1. The molecule has 0 fully saturated rings. The molecule has 17 heavy (non-hydrogen) atoms. The highest BCUT2D eigenvalue weighted by Crippen LogP contribution is 2.09. The normalized spacial score (nSPS) is 14.9. The van der Waals surface area contributed by atoms with Crippen molar-refractivity contribution in [3.8, 4) is 0 Å². The molecule has 0 aliphatic carbocycles. The Morgan fingerprint density at radius 2 is 1.88 bits per heavy atom. The van der Waals surface area contributed by atoms with Gasteiger partial charge in [-0.25, -0.2) is 4.79 Å². The maximum absolute atomic E-state index is 11.4. The number of alkyl carbamates (subject to hydrolysis) is 1. The van der Waals surface area contributed by atoms with E-state index in [1.54, 1.807) is 20.8 Å². The lowest BCUT2D eigenvalue weighted by Gasteiger charge is -2.23. The number of hydrogen-bond donors (Lipinski definition) is 3. The van der Waals surface area contributed by atoms with E-state index in [4.69, 9.17) is 14.9 Å². The van der Waals surface area contributed by atoms with Gasteiger partial charge in [0, 0.05) is 0 Å². The van der Waals surface area contributed by atoms with Crippen molar-refractivity contribution in [2.24, 2.45) is 5.92 Å². The van der Waals surface area contributed by atoms with Crippen LogP contribution in [0.3, 0.4) is 0 Å². The van der Waals surface area contributed by atoms with Crippen molar-refractivity contribution in [1.82, 2.24) is 5.32 Å². The fraction of sp³-hybridized carbons (Fsp3) is 0.818. The Labute approximate surface area is 101 Å². The van der Waals surface area contributed by atoms with E-state index in [0.717, 1.165) is 0 Å². The van der Waals surface area contributed by atoms with Gasteiger partial charge in [-0.05, 0) is 27.2 Å². The van der Waals surface area contributed by atoms with Crippen molar-refractivity contribution in [3.63, 3.8) is 0 Å². The smallest absolute Gasteiger partial charge is 0.407 e. The van der Waals surface area contributed by atoms with Crippen LogP contribution in [0, 0.1) is 5.92 Å². The van der Waals surface area contributed by atoms with Gasteiger partial charge >= 0.3 is 12.1 Å². The van der Waals surface area contributed by atoms with Crippen molar-refractivity contribution in [3.05, 3.63) is 0 Å². The number of aliphatic hydroxyl groups is 1. The van der Waals surface area contributed by atoms with Gasteiger partial charge in [-0.15, -0.1) is 0 Å². The third kappa shape index (κ3) is 7.57. The maximum atomic E-state index is 11.4. The molecule has 0 aliphatic rings. The minimum absolute atomic E-state index is 0.158. The number of nitrogens with one attached hydrogen (secondary N) is 1. The molecule has 0 aromatic rings. The first kappa shape index (κ1) is 15.7. The van der Waals surface area contributed by atoms with Gasteiger partial charge in [0.15, 0.2) is 0 Å². The molecule has 6 nitrogen and oxygen atoms in total. The minimum Gasteiger partial charge on any atom is -0.481 e. The van der Waals surface area contributed by atoms with Gasteiger partial charge in [0.2, 0.25) is 0 Å². The zero-order chi connectivity index (χ0) is 13.6. The van der Waals surface area contributed by atoms with E-state index in [-0.39, 0.29) is 13.0 Å². The molecule has 0 aromatic carbocycles. The lowest BCUT2D eigenvalue weighted by molar-refractivity contribution is -0.141. The molecule has 6 heteroatoms. The molecule has 0 aliphatic heterocycles. The van der Waals surface area contributed by atoms with E-state index in [1.807, 2.05) is 0 Å². The van der Waals surface area contributed by atoms with Gasteiger partial charge in [-0.3, -0.25) is 4.79 Å². The second-order valence-corrected chi connectivity index (χ2v) is 5.00. The van der Waals surface area contributed by atoms with Crippen LogP contribution in [0.15, 0.2) is 0 Å². The summed E-state index contributed by atoms with van der Waals surface area (Å²) in [6.07, 6.45) is -0.500. The number of carbonyl (C=O) groups excluding carboxylic acids is 1. The van der Waals surface area contributed by atoms with Crippen molar-refractivity contribution in [2.75, 3.05) is 6.61 Å². The molecule has 100 valence electrons. The Morgan fingerprint density at radius 3 is 2.24 bits per heavy atom. The Morgan fingerprint density at radius 1 is 1.35 bits per heavy atom. The summed E-state index contributed by atoms with van der Waals surface area (Å²) < 4.78 is 5.00. The monoisotopic (exact) mass is 247 g/mol. The van der Waals surface area contributed by atoms with Gasteiger partial charge in [0.1, 0.15) is 5.60 Å². The van der Waals surface area contributed by atoms with Gasteiger partial charge in [0.25, 0.3) is 0 Å². The Bertz CT molecular complexity index is 272. The Balaban J connectivity index is 4.22. The van der Waals surface area contributed by atoms with Crippen molar-refractivity contribution >= 4 is 12.1 Å². The van der Waals surface area contributed by atoms with Crippen LogP contribution in [0.2, 0.25) is 0 Å². The number of amides is 1. The molecule has 3 N–H and O–H groups in total. The predicted octanol–water partition coefficient (Wildman–Crippen LogP) is 0.983. The molecule has 0 spiro atoms. The second kappa shape index (κ2) is 6.44. The standard InChI is InChI=1S/C11H21NO5/c1-7(9(14)15)5-8(6-13)12-10(16)17-11(2,3)4/h7-8,13H,5-6H2,1-4H3,(H,12,16)(H,14,15)/t7-,8?/m0/s1. The summed E-state index contributed by atoms with van der Waals surface area (Å²) in [5, 5.41) is 20.2. The molecule has 0 saturated carbocycles. The van der Waals surface area contributed by atoms with Crippen molar-refractivity contribution < 1.29 is 24.5 Å². The number of ether oxygens (including phenoxy) is 1. The molecule has 0 rings (SSSR count). The molecular formula is C11H21NO5. The fourth-order valence-electron chi connectivity index (χ4n) is 1.18. The lowest BCUT2D eigenvalue weighted by atomic mass is 10.0. The first-order valence-corrected chi connectivity index (χ1v) is 5.49. The summed E-state index contributed by atoms with van der Waals surface area (Å²) >= 11 is 0. The van der Waals surface area contributed by atoms with Gasteiger partial charge in [0.05, 0.1) is 18.6 Å². The minimum atomic E-state index is -0.963. The zero-order valence-electron chi connectivity index (χ0n) is 10.7. The number of carboxylic acids is 1. The van der Waals surface area contributed by atoms with Crippen LogP contribution in [0.5, 0.6) is 0 Å². The van der Waals surface area contributed by atoms with E-state index >= 15 is 0 Å². The van der Waals surface area contributed by atoms with Crippen LogP contribution < -0.4 is 5.32 Å². The van der Waals surface area contributed by atoms with Crippen molar-refractivity contribution in [1.29, 1.82) is 0 Å². The summed E-state index contributed by atoms with van der Waals surface area (Å²) in [4.78, 5) is 22.0. The van der Waals surface area contributed by atoms with E-state index in [9.17, 15) is 9.59 Å². The molecule has 0 radical (unpaired) electrons. The highest BCUT2D eigenvalue weighted by molar-refractivity contribution is 5.70. The molecule has 0 saturated heterocycles. The van der Waals surface area contributed by atoms with Crippen LogP contribution in [0.1, 0.15) is 34.1 Å². The lowest BCUT2D eigenvalue weighted by Crippen LogP contribution is -2.42.